The van der Waals surface area contributed by atoms with Gasteiger partial charge in [-0.25, -0.2) is 8.42 Å². The SMILES string of the molecule is CCCC(C)(NS(=O)(=O)C1CCCC1)C(=O)O. The highest BCUT2D eigenvalue weighted by Crippen LogP contribution is 2.26. The van der Waals surface area contributed by atoms with Gasteiger partial charge in [0.05, 0.1) is 5.25 Å². The normalized spacial score (nSPS) is 21.3. The summed E-state index contributed by atoms with van der Waals surface area (Å²) in [6.45, 7) is 3.27. The van der Waals surface area contributed by atoms with E-state index in [1.165, 1.54) is 6.92 Å². The first kappa shape index (κ1) is 14.4. The molecule has 0 spiro atoms. The molecule has 6 heteroatoms. The van der Waals surface area contributed by atoms with Crippen LogP contribution in [0.3, 0.4) is 0 Å². The molecule has 1 aliphatic carbocycles. The van der Waals surface area contributed by atoms with Gasteiger partial charge in [-0.2, -0.15) is 4.72 Å². The van der Waals surface area contributed by atoms with Crippen molar-refractivity contribution in [3.8, 4) is 0 Å². The Morgan fingerprint density at radius 3 is 2.35 bits per heavy atom. The van der Waals surface area contributed by atoms with Crippen molar-refractivity contribution in [1.29, 1.82) is 0 Å². The van der Waals surface area contributed by atoms with Crippen molar-refractivity contribution in [3.05, 3.63) is 0 Å². The number of aliphatic carboxylic acids is 1. The molecule has 1 unspecified atom stereocenters. The second kappa shape index (κ2) is 5.35. The topological polar surface area (TPSA) is 83.5 Å². The zero-order chi connectivity index (χ0) is 13.1. The molecule has 0 aromatic carbocycles. The Balaban J connectivity index is 2.82. The molecule has 0 heterocycles. The van der Waals surface area contributed by atoms with Gasteiger partial charge in [0.1, 0.15) is 5.54 Å². The Labute approximate surface area is 103 Å². The fraction of sp³-hybridized carbons (Fsp3) is 0.909. The van der Waals surface area contributed by atoms with Crippen LogP contribution in [-0.2, 0) is 14.8 Å². The van der Waals surface area contributed by atoms with Crippen LogP contribution >= 0.6 is 0 Å². The van der Waals surface area contributed by atoms with E-state index in [0.29, 0.717) is 25.7 Å². The van der Waals surface area contributed by atoms with Crippen LogP contribution in [0, 0.1) is 0 Å². The van der Waals surface area contributed by atoms with Crippen LogP contribution in [0.5, 0.6) is 0 Å². The maximum atomic E-state index is 12.1. The number of carbonyl (C=O) groups is 1. The molecule has 1 atom stereocenters. The van der Waals surface area contributed by atoms with Crippen LogP contribution in [0.25, 0.3) is 0 Å². The lowest BCUT2D eigenvalue weighted by atomic mass is 9.98. The fourth-order valence-electron chi connectivity index (χ4n) is 2.30. The van der Waals surface area contributed by atoms with E-state index >= 15 is 0 Å². The molecule has 0 amide bonds. The zero-order valence-corrected chi connectivity index (χ0v) is 11.2. The number of carboxylic acids is 1. The summed E-state index contributed by atoms with van der Waals surface area (Å²) >= 11 is 0. The van der Waals surface area contributed by atoms with E-state index in [1.54, 1.807) is 0 Å². The third kappa shape index (κ3) is 3.42. The number of nitrogens with one attached hydrogen (secondary N) is 1. The van der Waals surface area contributed by atoms with E-state index < -0.39 is 26.8 Å². The molecular formula is C11H21NO4S. The minimum absolute atomic E-state index is 0.300. The molecule has 0 bridgehead atoms. The molecule has 1 aliphatic rings. The number of carboxylic acid groups (broad SMARTS) is 1. The highest BCUT2D eigenvalue weighted by molar-refractivity contribution is 7.90. The second-order valence-electron chi connectivity index (χ2n) is 4.94. The highest BCUT2D eigenvalue weighted by Gasteiger charge is 2.40. The molecule has 100 valence electrons. The summed E-state index contributed by atoms with van der Waals surface area (Å²) in [6, 6.07) is 0. The van der Waals surface area contributed by atoms with E-state index in [4.69, 9.17) is 5.11 Å². The van der Waals surface area contributed by atoms with Crippen molar-refractivity contribution in [1.82, 2.24) is 4.72 Å². The van der Waals surface area contributed by atoms with Gasteiger partial charge in [-0.15, -0.1) is 0 Å². The van der Waals surface area contributed by atoms with E-state index in [9.17, 15) is 13.2 Å². The molecule has 1 saturated carbocycles. The predicted molar refractivity (Wildman–Crippen MR) is 65.3 cm³/mol. The van der Waals surface area contributed by atoms with Gasteiger partial charge in [0, 0.05) is 0 Å². The predicted octanol–water partition coefficient (Wildman–Crippen LogP) is 1.49. The Kier molecular flexibility index (Phi) is 4.55. The van der Waals surface area contributed by atoms with Gasteiger partial charge in [0.15, 0.2) is 0 Å². The molecule has 0 saturated heterocycles. The summed E-state index contributed by atoms with van der Waals surface area (Å²) in [4.78, 5) is 11.2. The van der Waals surface area contributed by atoms with Crippen LogP contribution in [0.2, 0.25) is 0 Å². The van der Waals surface area contributed by atoms with Crippen LogP contribution in [-0.4, -0.2) is 30.3 Å². The van der Waals surface area contributed by atoms with Gasteiger partial charge in [0.25, 0.3) is 0 Å². The molecule has 1 rings (SSSR count). The lowest BCUT2D eigenvalue weighted by Gasteiger charge is -2.27. The maximum Gasteiger partial charge on any atom is 0.324 e. The average Bonchev–Trinajstić information content (AvgIpc) is 2.69. The van der Waals surface area contributed by atoms with E-state index in [1.807, 2.05) is 6.92 Å². The van der Waals surface area contributed by atoms with E-state index in [0.717, 1.165) is 12.8 Å². The lowest BCUT2D eigenvalue weighted by molar-refractivity contribution is -0.143. The van der Waals surface area contributed by atoms with Crippen LogP contribution in [0.4, 0.5) is 0 Å². The molecular weight excluding hydrogens is 242 g/mol. The van der Waals surface area contributed by atoms with Gasteiger partial charge < -0.3 is 5.11 Å². The summed E-state index contributed by atoms with van der Waals surface area (Å²) < 4.78 is 26.5. The summed E-state index contributed by atoms with van der Waals surface area (Å²) in [5.41, 5.74) is -1.38. The summed E-state index contributed by atoms with van der Waals surface area (Å²) in [6.07, 6.45) is 4.00. The largest absolute Gasteiger partial charge is 0.480 e. The Morgan fingerprint density at radius 1 is 1.41 bits per heavy atom. The Bertz CT molecular complexity index is 373. The van der Waals surface area contributed by atoms with Crippen molar-refractivity contribution in [2.24, 2.45) is 0 Å². The minimum Gasteiger partial charge on any atom is -0.480 e. The van der Waals surface area contributed by atoms with Crippen molar-refractivity contribution in [3.63, 3.8) is 0 Å². The number of rotatable bonds is 6. The highest BCUT2D eigenvalue weighted by atomic mass is 32.2. The molecule has 1 fully saturated rings. The standard InChI is InChI=1S/C11H21NO4S/c1-3-8-11(2,10(13)14)12-17(15,16)9-6-4-5-7-9/h9,12H,3-8H2,1-2H3,(H,13,14). The number of sulfonamides is 1. The molecule has 0 aliphatic heterocycles. The smallest absolute Gasteiger partial charge is 0.324 e. The fourth-order valence-corrected chi connectivity index (χ4v) is 4.24. The van der Waals surface area contributed by atoms with Gasteiger partial charge in [-0.1, -0.05) is 26.2 Å². The van der Waals surface area contributed by atoms with E-state index in [2.05, 4.69) is 4.72 Å². The number of hydrogen-bond acceptors (Lipinski definition) is 3. The summed E-state index contributed by atoms with van der Waals surface area (Å²) in [5, 5.41) is 8.72. The third-order valence-corrected chi connectivity index (χ3v) is 5.41. The summed E-state index contributed by atoms with van der Waals surface area (Å²) in [5.74, 6) is -1.11. The molecule has 0 radical (unpaired) electrons. The Morgan fingerprint density at radius 2 is 1.94 bits per heavy atom. The van der Waals surface area contributed by atoms with Crippen LogP contribution in [0.15, 0.2) is 0 Å². The first-order valence-corrected chi connectivity index (χ1v) is 7.62. The molecule has 2 N–H and O–H groups in total. The lowest BCUT2D eigenvalue weighted by Crippen LogP contribution is -2.54. The quantitative estimate of drug-likeness (QED) is 0.760. The summed E-state index contributed by atoms with van der Waals surface area (Å²) in [7, 11) is -3.52. The van der Waals surface area contributed by atoms with Crippen LogP contribution < -0.4 is 4.72 Å². The van der Waals surface area contributed by atoms with E-state index in [-0.39, 0.29) is 0 Å². The van der Waals surface area contributed by atoms with Gasteiger partial charge in [-0.05, 0) is 26.2 Å². The molecule has 0 aromatic rings. The van der Waals surface area contributed by atoms with Gasteiger partial charge in [-0.3, -0.25) is 4.79 Å². The minimum atomic E-state index is -3.52. The Hall–Kier alpha value is -0.620. The maximum absolute atomic E-state index is 12.1. The van der Waals surface area contributed by atoms with Crippen molar-refractivity contribution < 1.29 is 18.3 Å². The number of hydrogen-bond donors (Lipinski definition) is 2. The zero-order valence-electron chi connectivity index (χ0n) is 10.4. The molecule has 5 nitrogen and oxygen atoms in total. The van der Waals surface area contributed by atoms with Crippen LogP contribution in [0.1, 0.15) is 52.4 Å². The monoisotopic (exact) mass is 263 g/mol. The van der Waals surface area contributed by atoms with Crippen molar-refractivity contribution in [2.45, 2.75) is 63.2 Å². The second-order valence-corrected chi connectivity index (χ2v) is 6.90. The first-order chi connectivity index (χ1) is 7.82. The average molecular weight is 263 g/mol. The van der Waals surface area contributed by atoms with Gasteiger partial charge in [0.2, 0.25) is 10.0 Å². The molecule has 17 heavy (non-hydrogen) atoms. The van der Waals surface area contributed by atoms with Crippen molar-refractivity contribution >= 4 is 16.0 Å². The first-order valence-electron chi connectivity index (χ1n) is 6.08. The third-order valence-electron chi connectivity index (χ3n) is 3.33. The van der Waals surface area contributed by atoms with Gasteiger partial charge >= 0.3 is 5.97 Å². The molecule has 0 aromatic heterocycles. The van der Waals surface area contributed by atoms with Crippen molar-refractivity contribution in [2.75, 3.05) is 0 Å².